The van der Waals surface area contributed by atoms with Gasteiger partial charge in [-0.1, -0.05) is 15.9 Å². The third-order valence-corrected chi connectivity index (χ3v) is 3.94. The second kappa shape index (κ2) is 6.92. The van der Waals surface area contributed by atoms with Crippen molar-refractivity contribution in [3.63, 3.8) is 0 Å². The van der Waals surface area contributed by atoms with Gasteiger partial charge in [-0.25, -0.2) is 4.98 Å². The molecular formula is C15H12BrClF3N5O. The molecule has 0 atom stereocenters. The molecule has 0 unspecified atom stereocenters. The SMILES string of the molecule is CC(C)n1cnc2c(Nc3cc(Br)cc(OC(F)(F)F)c3)nc(Cl)nc21. The maximum Gasteiger partial charge on any atom is 0.573 e. The van der Waals surface area contributed by atoms with Crippen molar-refractivity contribution in [1.82, 2.24) is 19.5 Å². The average Bonchev–Trinajstić information content (AvgIpc) is 2.88. The van der Waals surface area contributed by atoms with Gasteiger partial charge in [0.15, 0.2) is 17.0 Å². The first-order valence-electron chi connectivity index (χ1n) is 7.36. The molecule has 11 heteroatoms. The fourth-order valence-corrected chi connectivity index (χ4v) is 2.96. The number of alkyl halides is 3. The number of hydrogen-bond donors (Lipinski definition) is 1. The fourth-order valence-electron chi connectivity index (χ4n) is 2.32. The Morgan fingerprint density at radius 3 is 2.62 bits per heavy atom. The Morgan fingerprint density at radius 1 is 1.23 bits per heavy atom. The van der Waals surface area contributed by atoms with Gasteiger partial charge in [0.1, 0.15) is 5.75 Å². The molecule has 1 N–H and O–H groups in total. The highest BCUT2D eigenvalue weighted by molar-refractivity contribution is 9.10. The first-order chi connectivity index (χ1) is 12.1. The molecule has 2 heterocycles. The van der Waals surface area contributed by atoms with E-state index in [4.69, 9.17) is 11.6 Å². The number of halogens is 5. The topological polar surface area (TPSA) is 64.9 Å². The van der Waals surface area contributed by atoms with E-state index in [1.165, 1.54) is 12.1 Å². The molecule has 0 amide bonds. The lowest BCUT2D eigenvalue weighted by Crippen LogP contribution is -2.17. The molecule has 26 heavy (non-hydrogen) atoms. The molecule has 3 rings (SSSR count). The van der Waals surface area contributed by atoms with Crippen molar-refractivity contribution >= 4 is 50.2 Å². The number of hydrogen-bond acceptors (Lipinski definition) is 5. The molecule has 6 nitrogen and oxygen atoms in total. The van der Waals surface area contributed by atoms with Crippen LogP contribution in [0.3, 0.4) is 0 Å². The molecule has 138 valence electrons. The van der Waals surface area contributed by atoms with Gasteiger partial charge < -0.3 is 14.6 Å². The summed E-state index contributed by atoms with van der Waals surface area (Å²) < 4.78 is 43.6. The van der Waals surface area contributed by atoms with Crippen LogP contribution in [0, 0.1) is 0 Å². The van der Waals surface area contributed by atoms with E-state index in [1.54, 1.807) is 12.4 Å². The molecule has 0 aliphatic heterocycles. The number of rotatable bonds is 4. The quantitative estimate of drug-likeness (QED) is 0.534. The van der Waals surface area contributed by atoms with Gasteiger partial charge in [-0.05, 0) is 37.6 Å². The van der Waals surface area contributed by atoms with Crippen LogP contribution in [0.5, 0.6) is 5.75 Å². The van der Waals surface area contributed by atoms with Crippen LogP contribution in [-0.4, -0.2) is 25.9 Å². The zero-order chi connectivity index (χ0) is 19.1. The molecule has 0 radical (unpaired) electrons. The first kappa shape index (κ1) is 18.7. The van der Waals surface area contributed by atoms with Gasteiger partial charge in [-0.15, -0.1) is 13.2 Å². The van der Waals surface area contributed by atoms with Crippen LogP contribution in [0.4, 0.5) is 24.7 Å². The summed E-state index contributed by atoms with van der Waals surface area (Å²) in [7, 11) is 0. The van der Waals surface area contributed by atoms with Gasteiger partial charge in [0.2, 0.25) is 5.28 Å². The van der Waals surface area contributed by atoms with E-state index in [0.29, 0.717) is 21.3 Å². The normalized spacial score (nSPS) is 12.0. The molecule has 0 spiro atoms. The molecular weight excluding hydrogens is 439 g/mol. The third-order valence-electron chi connectivity index (χ3n) is 3.32. The molecule has 3 aromatic rings. The summed E-state index contributed by atoms with van der Waals surface area (Å²) in [4.78, 5) is 12.5. The predicted octanol–water partition coefficient (Wildman–Crippen LogP) is 5.47. The van der Waals surface area contributed by atoms with E-state index >= 15 is 0 Å². The van der Waals surface area contributed by atoms with E-state index < -0.39 is 6.36 Å². The Balaban J connectivity index is 2.01. The fraction of sp³-hybridized carbons (Fsp3) is 0.267. The van der Waals surface area contributed by atoms with Crippen LogP contribution >= 0.6 is 27.5 Å². The van der Waals surface area contributed by atoms with Crippen molar-refractivity contribution in [2.45, 2.75) is 26.3 Å². The first-order valence-corrected chi connectivity index (χ1v) is 8.53. The average molecular weight is 451 g/mol. The van der Waals surface area contributed by atoms with E-state index in [2.05, 4.69) is 40.9 Å². The molecule has 0 saturated carbocycles. The predicted molar refractivity (Wildman–Crippen MR) is 94.8 cm³/mol. The van der Waals surface area contributed by atoms with Gasteiger partial charge in [-0.3, -0.25) is 0 Å². The van der Waals surface area contributed by atoms with Crippen molar-refractivity contribution in [3.05, 3.63) is 34.3 Å². The Labute approximate surface area is 159 Å². The number of nitrogens with one attached hydrogen (secondary N) is 1. The maximum absolute atomic E-state index is 12.5. The molecule has 0 bridgehead atoms. The number of imidazole rings is 1. The minimum Gasteiger partial charge on any atom is -0.406 e. The molecule has 0 aliphatic carbocycles. The smallest absolute Gasteiger partial charge is 0.406 e. The number of nitrogens with zero attached hydrogens (tertiary/aromatic N) is 4. The number of benzene rings is 1. The van der Waals surface area contributed by atoms with E-state index in [1.807, 2.05) is 18.4 Å². The lowest BCUT2D eigenvalue weighted by Gasteiger charge is -2.12. The Hall–Kier alpha value is -2.07. The van der Waals surface area contributed by atoms with Crippen LogP contribution in [0.1, 0.15) is 19.9 Å². The second-order valence-corrected chi connectivity index (χ2v) is 6.86. The lowest BCUT2D eigenvalue weighted by molar-refractivity contribution is -0.274. The number of aromatic nitrogens is 4. The Morgan fingerprint density at radius 2 is 1.96 bits per heavy atom. The summed E-state index contributed by atoms with van der Waals surface area (Å²) >= 11 is 9.14. The van der Waals surface area contributed by atoms with Crippen molar-refractivity contribution in [2.24, 2.45) is 0 Å². The summed E-state index contributed by atoms with van der Waals surface area (Å²) in [6.07, 6.45) is -3.19. The molecule has 0 fully saturated rings. The van der Waals surface area contributed by atoms with Crippen LogP contribution in [-0.2, 0) is 0 Å². The van der Waals surface area contributed by atoms with Crippen molar-refractivity contribution < 1.29 is 17.9 Å². The summed E-state index contributed by atoms with van der Waals surface area (Å²) in [5, 5.41) is 2.91. The number of ether oxygens (including phenoxy) is 1. The van der Waals surface area contributed by atoms with Gasteiger partial charge in [-0.2, -0.15) is 9.97 Å². The van der Waals surface area contributed by atoms with E-state index in [0.717, 1.165) is 0 Å². The lowest BCUT2D eigenvalue weighted by atomic mass is 10.3. The summed E-state index contributed by atoms with van der Waals surface area (Å²) in [5.41, 5.74) is 1.28. The van der Waals surface area contributed by atoms with Gasteiger partial charge in [0.25, 0.3) is 0 Å². The maximum atomic E-state index is 12.5. The van der Waals surface area contributed by atoms with Gasteiger partial charge in [0.05, 0.1) is 6.33 Å². The largest absolute Gasteiger partial charge is 0.573 e. The Bertz CT molecular complexity index is 960. The van der Waals surface area contributed by atoms with Crippen LogP contribution in [0.2, 0.25) is 5.28 Å². The third kappa shape index (κ3) is 4.18. The van der Waals surface area contributed by atoms with Crippen molar-refractivity contribution in [1.29, 1.82) is 0 Å². The Kier molecular flexibility index (Phi) is 4.98. The zero-order valence-electron chi connectivity index (χ0n) is 13.5. The zero-order valence-corrected chi connectivity index (χ0v) is 15.8. The van der Waals surface area contributed by atoms with Crippen LogP contribution < -0.4 is 10.1 Å². The summed E-state index contributed by atoms with van der Waals surface area (Å²) in [5.74, 6) is -0.103. The summed E-state index contributed by atoms with van der Waals surface area (Å²) in [6, 6.07) is 4.06. The highest BCUT2D eigenvalue weighted by Crippen LogP contribution is 2.32. The molecule has 1 aromatic carbocycles. The van der Waals surface area contributed by atoms with Crippen LogP contribution in [0.25, 0.3) is 11.2 Å². The van der Waals surface area contributed by atoms with E-state index in [9.17, 15) is 13.2 Å². The highest BCUT2D eigenvalue weighted by Gasteiger charge is 2.31. The molecule has 2 aromatic heterocycles. The molecule has 0 saturated heterocycles. The summed E-state index contributed by atoms with van der Waals surface area (Å²) in [6.45, 7) is 3.92. The minimum atomic E-state index is -4.79. The van der Waals surface area contributed by atoms with E-state index in [-0.39, 0.29) is 22.9 Å². The van der Waals surface area contributed by atoms with Gasteiger partial charge >= 0.3 is 6.36 Å². The van der Waals surface area contributed by atoms with Gasteiger partial charge in [0, 0.05) is 22.3 Å². The van der Waals surface area contributed by atoms with Crippen molar-refractivity contribution in [2.75, 3.05) is 5.32 Å². The monoisotopic (exact) mass is 449 g/mol. The standard InChI is InChI=1S/C15H12BrClF3N5O/c1-7(2)25-6-21-11-12(23-14(17)24-13(11)25)22-9-3-8(16)4-10(5-9)26-15(18,19)20/h3-7H,1-2H3,(H,22,23,24). The highest BCUT2D eigenvalue weighted by atomic mass is 79.9. The molecule has 0 aliphatic rings. The number of anilines is 2. The van der Waals surface area contributed by atoms with Crippen LogP contribution in [0.15, 0.2) is 29.0 Å². The number of fused-ring (bicyclic) bond motifs is 1. The second-order valence-electron chi connectivity index (χ2n) is 5.61. The van der Waals surface area contributed by atoms with Crippen molar-refractivity contribution in [3.8, 4) is 5.75 Å². The minimum absolute atomic E-state index is 0.0100.